The van der Waals surface area contributed by atoms with Gasteiger partial charge >= 0.3 is 0 Å². The Bertz CT molecular complexity index is 1070. The molecule has 2 amide bonds. The van der Waals surface area contributed by atoms with Crippen molar-refractivity contribution >= 4 is 23.6 Å². The van der Waals surface area contributed by atoms with Gasteiger partial charge in [0.2, 0.25) is 11.8 Å². The number of benzene rings is 3. The molecule has 3 aromatic rings. The highest BCUT2D eigenvalue weighted by Gasteiger charge is 2.31. The molecule has 0 aromatic heterocycles. The first-order valence-corrected chi connectivity index (χ1v) is 14.0. The van der Waals surface area contributed by atoms with Gasteiger partial charge in [-0.3, -0.25) is 9.59 Å². The second-order valence-corrected chi connectivity index (χ2v) is 10.6. The fourth-order valence-corrected chi connectivity index (χ4v) is 5.66. The topological polar surface area (TPSA) is 49.4 Å². The van der Waals surface area contributed by atoms with E-state index < -0.39 is 6.04 Å². The lowest BCUT2D eigenvalue weighted by Gasteiger charge is -2.33. The van der Waals surface area contributed by atoms with Crippen molar-refractivity contribution < 1.29 is 9.59 Å². The molecule has 0 saturated heterocycles. The van der Waals surface area contributed by atoms with Crippen molar-refractivity contribution in [1.29, 1.82) is 0 Å². The standard InChI is InChI=1S/C31H36N2O2S/c34-30(21-22-36-28-19-11-4-12-20-28)33(24-26-15-7-2-8-16-26)29(23-25-13-5-1-6-14-25)31(35)32-27-17-9-3-10-18-27/h1-2,4-8,11-16,19-20,27,29H,3,9-10,17-18,21-24H2,(H,32,35)/t29-/m1/s1. The Labute approximate surface area is 219 Å². The van der Waals surface area contributed by atoms with E-state index in [0.29, 0.717) is 25.1 Å². The molecular formula is C31H36N2O2S. The molecule has 5 heteroatoms. The van der Waals surface area contributed by atoms with Crippen LogP contribution < -0.4 is 5.32 Å². The van der Waals surface area contributed by atoms with Crippen molar-refractivity contribution in [3.8, 4) is 0 Å². The fourth-order valence-electron chi connectivity index (χ4n) is 4.79. The lowest BCUT2D eigenvalue weighted by Crippen LogP contribution is -2.52. The van der Waals surface area contributed by atoms with Crippen LogP contribution in [0.1, 0.15) is 49.7 Å². The molecule has 4 nitrogen and oxygen atoms in total. The molecule has 0 aliphatic heterocycles. The molecule has 0 spiro atoms. The van der Waals surface area contributed by atoms with E-state index in [4.69, 9.17) is 0 Å². The Morgan fingerprint density at radius 2 is 1.39 bits per heavy atom. The van der Waals surface area contributed by atoms with Gasteiger partial charge in [0, 0.05) is 36.1 Å². The third-order valence-electron chi connectivity index (χ3n) is 6.75. The van der Waals surface area contributed by atoms with Crippen molar-refractivity contribution in [3.05, 3.63) is 102 Å². The van der Waals surface area contributed by atoms with E-state index in [2.05, 4.69) is 17.4 Å². The van der Waals surface area contributed by atoms with Crippen LogP contribution in [0.15, 0.2) is 95.9 Å². The van der Waals surface area contributed by atoms with Gasteiger partial charge < -0.3 is 10.2 Å². The van der Waals surface area contributed by atoms with Gasteiger partial charge in [-0.1, -0.05) is 98.1 Å². The molecule has 188 valence electrons. The molecule has 0 unspecified atom stereocenters. The molecule has 1 atom stereocenters. The first-order valence-electron chi connectivity index (χ1n) is 13.0. The summed E-state index contributed by atoms with van der Waals surface area (Å²) in [5.41, 5.74) is 2.09. The zero-order chi connectivity index (χ0) is 25.0. The number of nitrogens with one attached hydrogen (secondary N) is 1. The minimum atomic E-state index is -0.552. The Balaban J connectivity index is 1.54. The van der Waals surface area contributed by atoms with Crippen LogP contribution >= 0.6 is 11.8 Å². The maximum Gasteiger partial charge on any atom is 0.243 e. The van der Waals surface area contributed by atoms with Gasteiger partial charge in [0.25, 0.3) is 0 Å². The van der Waals surface area contributed by atoms with E-state index in [1.54, 1.807) is 11.8 Å². The summed E-state index contributed by atoms with van der Waals surface area (Å²) in [6.07, 6.45) is 6.46. The Hall–Kier alpha value is -3.05. The number of hydrogen-bond donors (Lipinski definition) is 1. The zero-order valence-electron chi connectivity index (χ0n) is 20.9. The van der Waals surface area contributed by atoms with E-state index in [1.807, 2.05) is 83.8 Å². The Morgan fingerprint density at radius 3 is 2.03 bits per heavy atom. The fraction of sp³-hybridized carbons (Fsp3) is 0.355. The van der Waals surface area contributed by atoms with E-state index in [1.165, 1.54) is 6.42 Å². The van der Waals surface area contributed by atoms with Crippen molar-refractivity contribution in [2.24, 2.45) is 0 Å². The monoisotopic (exact) mass is 500 g/mol. The number of carbonyl (C=O) groups excluding carboxylic acids is 2. The van der Waals surface area contributed by atoms with Crippen molar-refractivity contribution in [2.45, 2.75) is 68.5 Å². The maximum atomic E-state index is 13.7. The second-order valence-electron chi connectivity index (χ2n) is 9.47. The largest absolute Gasteiger partial charge is 0.352 e. The summed E-state index contributed by atoms with van der Waals surface area (Å²) >= 11 is 1.68. The van der Waals surface area contributed by atoms with Gasteiger partial charge in [-0.15, -0.1) is 11.8 Å². The van der Waals surface area contributed by atoms with Crippen LogP contribution in [-0.4, -0.2) is 34.6 Å². The smallest absolute Gasteiger partial charge is 0.243 e. The highest BCUT2D eigenvalue weighted by Crippen LogP contribution is 2.22. The van der Waals surface area contributed by atoms with Crippen molar-refractivity contribution in [1.82, 2.24) is 10.2 Å². The van der Waals surface area contributed by atoms with Gasteiger partial charge in [0.1, 0.15) is 6.04 Å². The van der Waals surface area contributed by atoms with Crippen LogP contribution in [0, 0.1) is 0 Å². The number of rotatable bonds is 11. The number of nitrogens with zero attached hydrogens (tertiary/aromatic N) is 1. The van der Waals surface area contributed by atoms with Gasteiger partial charge in [-0.25, -0.2) is 0 Å². The molecule has 3 aromatic carbocycles. The summed E-state index contributed by atoms with van der Waals surface area (Å²) in [5, 5.41) is 3.30. The van der Waals surface area contributed by atoms with E-state index >= 15 is 0 Å². The van der Waals surface area contributed by atoms with Gasteiger partial charge in [0.15, 0.2) is 0 Å². The summed E-state index contributed by atoms with van der Waals surface area (Å²) in [5.74, 6) is 0.656. The first kappa shape index (κ1) is 26.0. The highest BCUT2D eigenvalue weighted by molar-refractivity contribution is 7.99. The molecule has 1 aliphatic rings. The number of thioether (sulfide) groups is 1. The minimum Gasteiger partial charge on any atom is -0.352 e. The molecule has 1 aliphatic carbocycles. The van der Waals surface area contributed by atoms with Crippen LogP contribution in [-0.2, 0) is 22.6 Å². The van der Waals surface area contributed by atoms with Gasteiger partial charge in [-0.05, 0) is 36.1 Å². The second kappa shape index (κ2) is 13.9. The molecule has 1 N–H and O–H groups in total. The maximum absolute atomic E-state index is 13.7. The molecule has 0 bridgehead atoms. The lowest BCUT2D eigenvalue weighted by atomic mass is 9.94. The summed E-state index contributed by atoms with van der Waals surface area (Å²) in [7, 11) is 0. The summed E-state index contributed by atoms with van der Waals surface area (Å²) < 4.78 is 0. The van der Waals surface area contributed by atoms with Crippen LogP contribution in [0.25, 0.3) is 0 Å². The third-order valence-corrected chi connectivity index (χ3v) is 7.76. The number of carbonyl (C=O) groups is 2. The quantitative estimate of drug-likeness (QED) is 0.316. The predicted molar refractivity (Wildman–Crippen MR) is 148 cm³/mol. The lowest BCUT2D eigenvalue weighted by molar-refractivity contribution is -0.141. The molecule has 1 fully saturated rings. The van der Waals surface area contributed by atoms with E-state index in [-0.39, 0.29) is 17.9 Å². The average molecular weight is 501 g/mol. The van der Waals surface area contributed by atoms with Crippen molar-refractivity contribution in [2.75, 3.05) is 5.75 Å². The Morgan fingerprint density at radius 1 is 0.806 bits per heavy atom. The van der Waals surface area contributed by atoms with Crippen molar-refractivity contribution in [3.63, 3.8) is 0 Å². The molecule has 36 heavy (non-hydrogen) atoms. The van der Waals surface area contributed by atoms with Crippen LogP contribution in [0.3, 0.4) is 0 Å². The Kier molecular flexibility index (Phi) is 10.0. The molecule has 1 saturated carbocycles. The average Bonchev–Trinajstić information content (AvgIpc) is 2.93. The molecular weight excluding hydrogens is 464 g/mol. The molecule has 0 radical (unpaired) electrons. The predicted octanol–water partition coefficient (Wildman–Crippen LogP) is 6.26. The SMILES string of the molecule is O=C(NC1CCCCC1)[C@@H](Cc1ccccc1)N(Cc1ccccc1)C(=O)CCSc1ccccc1. The number of hydrogen-bond acceptors (Lipinski definition) is 3. The van der Waals surface area contributed by atoms with Gasteiger partial charge in [0.05, 0.1) is 0 Å². The molecule has 4 rings (SSSR count). The molecule has 0 heterocycles. The normalized spacial score (nSPS) is 14.7. The van der Waals surface area contributed by atoms with Gasteiger partial charge in [-0.2, -0.15) is 0 Å². The number of amides is 2. The van der Waals surface area contributed by atoms with E-state index in [9.17, 15) is 9.59 Å². The first-order chi connectivity index (χ1) is 17.7. The zero-order valence-corrected chi connectivity index (χ0v) is 21.7. The summed E-state index contributed by atoms with van der Waals surface area (Å²) in [6, 6.07) is 29.8. The van der Waals surface area contributed by atoms with E-state index in [0.717, 1.165) is 41.7 Å². The van der Waals surface area contributed by atoms with Crippen LogP contribution in [0.2, 0.25) is 0 Å². The highest BCUT2D eigenvalue weighted by atomic mass is 32.2. The third kappa shape index (κ3) is 7.99. The minimum absolute atomic E-state index is 0.0157. The van der Waals surface area contributed by atoms with Crippen LogP contribution in [0.4, 0.5) is 0 Å². The van der Waals surface area contributed by atoms with Crippen LogP contribution in [0.5, 0.6) is 0 Å². The summed E-state index contributed by atoms with van der Waals surface area (Å²) in [6.45, 7) is 0.422. The summed E-state index contributed by atoms with van der Waals surface area (Å²) in [4.78, 5) is 30.4.